The molecular weight excluding hydrogens is 266 g/mol. The van der Waals surface area contributed by atoms with Gasteiger partial charge in [0.1, 0.15) is 5.58 Å². The first-order chi connectivity index (χ1) is 10.2. The summed E-state index contributed by atoms with van der Waals surface area (Å²) in [7, 11) is 0. The number of rotatable bonds is 3. The van der Waals surface area contributed by atoms with E-state index in [0.29, 0.717) is 16.7 Å². The Balaban J connectivity index is 1.97. The van der Waals surface area contributed by atoms with Gasteiger partial charge in [-0.2, -0.15) is 0 Å². The van der Waals surface area contributed by atoms with Crippen molar-refractivity contribution in [3.05, 3.63) is 76.6 Å². The molecule has 0 atom stereocenters. The van der Waals surface area contributed by atoms with Crippen LogP contribution >= 0.6 is 0 Å². The minimum Gasteiger partial charge on any atom is -0.422 e. The zero-order valence-corrected chi connectivity index (χ0v) is 11.4. The van der Waals surface area contributed by atoms with Crippen molar-refractivity contribution in [2.45, 2.75) is 6.92 Å². The number of benzene rings is 2. The topological polar surface area (TPSA) is 51.8 Å². The van der Waals surface area contributed by atoms with Crippen molar-refractivity contribution in [3.8, 4) is 5.75 Å². The molecule has 4 nitrogen and oxygen atoms in total. The fourth-order valence-corrected chi connectivity index (χ4v) is 2.01. The third kappa shape index (κ3) is 2.84. The molecule has 21 heavy (non-hydrogen) atoms. The van der Waals surface area contributed by atoms with Gasteiger partial charge in [-0.25, -0.2) is 4.79 Å². The van der Waals surface area contributed by atoms with Crippen molar-refractivity contribution >= 4 is 16.7 Å². The molecule has 0 N–H and O–H groups in total. The maximum atomic E-state index is 11.5. The molecule has 0 aliphatic carbocycles. The van der Waals surface area contributed by atoms with Gasteiger partial charge in [-0.15, -0.1) is 0 Å². The van der Waals surface area contributed by atoms with Crippen LogP contribution in [0.3, 0.4) is 0 Å². The molecule has 0 fully saturated rings. The molecule has 2 aromatic carbocycles. The molecule has 0 aliphatic heterocycles. The monoisotopic (exact) mass is 279 g/mol. The normalized spacial score (nSPS) is 11.6. The number of hydrogen-bond donors (Lipinski definition) is 0. The highest BCUT2D eigenvalue weighted by atomic mass is 16.6. The molecule has 0 saturated heterocycles. The van der Waals surface area contributed by atoms with Gasteiger partial charge < -0.3 is 9.25 Å². The maximum Gasteiger partial charge on any atom is 0.340 e. The Bertz CT molecular complexity index is 851. The van der Waals surface area contributed by atoms with Crippen LogP contribution in [0.4, 0.5) is 0 Å². The molecule has 0 unspecified atom stereocenters. The summed E-state index contributed by atoms with van der Waals surface area (Å²) >= 11 is 0. The van der Waals surface area contributed by atoms with Crippen LogP contribution in [-0.2, 0) is 0 Å². The lowest BCUT2D eigenvalue weighted by Gasteiger charge is -2.04. The van der Waals surface area contributed by atoms with Crippen LogP contribution < -0.4 is 10.5 Å². The molecule has 1 aromatic heterocycles. The Labute approximate surface area is 121 Å². The van der Waals surface area contributed by atoms with Gasteiger partial charge in [0.05, 0.1) is 17.2 Å². The molecule has 3 rings (SSSR count). The van der Waals surface area contributed by atoms with Crippen LogP contribution in [0, 0.1) is 0 Å². The summed E-state index contributed by atoms with van der Waals surface area (Å²) in [6.45, 7) is 1.85. The fourth-order valence-electron chi connectivity index (χ4n) is 2.01. The van der Waals surface area contributed by atoms with Crippen LogP contribution in [0.1, 0.15) is 12.5 Å². The Morgan fingerprint density at radius 1 is 1.05 bits per heavy atom. The number of fused-ring (bicyclic) bond motifs is 1. The zero-order valence-electron chi connectivity index (χ0n) is 11.4. The zero-order chi connectivity index (χ0) is 14.7. The molecule has 0 radical (unpaired) electrons. The number of oxime groups is 1. The standard InChI is InChI=1S/C17H13NO3/c1-12(13-7-3-2-4-8-13)18-21-16-11-17(19)20-15-10-6-5-9-14(15)16/h2-11H,1H3/b18-12+. The van der Waals surface area contributed by atoms with Crippen LogP contribution in [0.25, 0.3) is 11.0 Å². The predicted molar refractivity (Wildman–Crippen MR) is 81.8 cm³/mol. The summed E-state index contributed by atoms with van der Waals surface area (Å²) < 4.78 is 5.11. The highest BCUT2D eigenvalue weighted by molar-refractivity contribution is 5.98. The minimum absolute atomic E-state index is 0.386. The minimum atomic E-state index is -0.462. The van der Waals surface area contributed by atoms with Crippen LogP contribution in [0.2, 0.25) is 0 Å². The Kier molecular flexibility index (Phi) is 3.51. The first-order valence-corrected chi connectivity index (χ1v) is 6.54. The third-order valence-electron chi connectivity index (χ3n) is 3.08. The van der Waals surface area contributed by atoms with E-state index >= 15 is 0 Å². The summed E-state index contributed by atoms with van der Waals surface area (Å²) in [6.07, 6.45) is 0. The van der Waals surface area contributed by atoms with Gasteiger partial charge in [-0.3, -0.25) is 0 Å². The van der Waals surface area contributed by atoms with E-state index in [0.717, 1.165) is 11.3 Å². The van der Waals surface area contributed by atoms with Gasteiger partial charge >= 0.3 is 5.63 Å². The Morgan fingerprint density at radius 2 is 1.76 bits per heavy atom. The number of hydrogen-bond acceptors (Lipinski definition) is 4. The van der Waals surface area contributed by atoms with Gasteiger partial charge in [0.15, 0.2) is 5.75 Å². The highest BCUT2D eigenvalue weighted by Crippen LogP contribution is 2.23. The molecule has 0 spiro atoms. The van der Waals surface area contributed by atoms with E-state index in [9.17, 15) is 4.79 Å². The molecular formula is C17H13NO3. The van der Waals surface area contributed by atoms with Crippen molar-refractivity contribution in [2.24, 2.45) is 5.16 Å². The van der Waals surface area contributed by atoms with Crippen molar-refractivity contribution in [2.75, 3.05) is 0 Å². The second-order valence-corrected chi connectivity index (χ2v) is 4.56. The van der Waals surface area contributed by atoms with Gasteiger partial charge in [0, 0.05) is 0 Å². The average Bonchev–Trinajstić information content (AvgIpc) is 2.53. The Hall–Kier alpha value is -2.88. The molecule has 0 amide bonds. The second kappa shape index (κ2) is 5.63. The van der Waals surface area contributed by atoms with Crippen molar-refractivity contribution in [1.82, 2.24) is 0 Å². The quantitative estimate of drug-likeness (QED) is 0.418. The fraction of sp³-hybridized carbons (Fsp3) is 0.0588. The molecule has 0 saturated carbocycles. The first-order valence-electron chi connectivity index (χ1n) is 6.54. The van der Waals surface area contributed by atoms with Gasteiger partial charge in [-0.05, 0) is 24.6 Å². The summed E-state index contributed by atoms with van der Waals surface area (Å²) in [5.41, 5.74) is 1.71. The number of nitrogens with zero attached hydrogens (tertiary/aromatic N) is 1. The number of para-hydroxylation sites is 1. The van der Waals surface area contributed by atoms with E-state index in [4.69, 9.17) is 9.25 Å². The summed E-state index contributed by atoms with van der Waals surface area (Å²) in [5, 5.41) is 4.80. The van der Waals surface area contributed by atoms with E-state index in [1.54, 1.807) is 12.1 Å². The molecule has 1 heterocycles. The molecule has 104 valence electrons. The molecule has 4 heteroatoms. The summed E-state index contributed by atoms with van der Waals surface area (Å²) in [5.74, 6) is 0.386. The summed E-state index contributed by atoms with van der Waals surface area (Å²) in [6, 6.07) is 18.2. The van der Waals surface area contributed by atoms with E-state index in [2.05, 4.69) is 5.16 Å². The third-order valence-corrected chi connectivity index (χ3v) is 3.08. The van der Waals surface area contributed by atoms with Gasteiger partial charge in [0.25, 0.3) is 0 Å². The smallest absolute Gasteiger partial charge is 0.340 e. The van der Waals surface area contributed by atoms with E-state index in [1.807, 2.05) is 49.4 Å². The lowest BCUT2D eigenvalue weighted by atomic mass is 10.1. The van der Waals surface area contributed by atoms with E-state index < -0.39 is 5.63 Å². The van der Waals surface area contributed by atoms with Crippen LogP contribution in [0.15, 0.2) is 75.0 Å². The largest absolute Gasteiger partial charge is 0.422 e. The van der Waals surface area contributed by atoms with Crippen LogP contribution in [0.5, 0.6) is 5.75 Å². The predicted octanol–water partition coefficient (Wildman–Crippen LogP) is 3.60. The molecule has 0 bridgehead atoms. The van der Waals surface area contributed by atoms with Crippen LogP contribution in [-0.4, -0.2) is 5.71 Å². The second-order valence-electron chi connectivity index (χ2n) is 4.56. The molecule has 0 aliphatic rings. The van der Waals surface area contributed by atoms with E-state index in [-0.39, 0.29) is 0 Å². The maximum absolute atomic E-state index is 11.5. The lowest BCUT2D eigenvalue weighted by Crippen LogP contribution is -2.01. The first kappa shape index (κ1) is 13.1. The van der Waals surface area contributed by atoms with E-state index in [1.165, 1.54) is 6.07 Å². The lowest BCUT2D eigenvalue weighted by molar-refractivity contribution is 0.342. The van der Waals surface area contributed by atoms with Crippen molar-refractivity contribution < 1.29 is 9.25 Å². The average molecular weight is 279 g/mol. The summed E-state index contributed by atoms with van der Waals surface area (Å²) in [4.78, 5) is 17.0. The molecule has 3 aromatic rings. The van der Waals surface area contributed by atoms with Gasteiger partial charge in [0.2, 0.25) is 0 Å². The van der Waals surface area contributed by atoms with Crippen molar-refractivity contribution in [1.29, 1.82) is 0 Å². The Morgan fingerprint density at radius 3 is 2.57 bits per heavy atom. The SMILES string of the molecule is C/C(=N\Oc1cc(=O)oc2ccccc12)c1ccccc1. The highest BCUT2D eigenvalue weighted by Gasteiger charge is 2.06. The van der Waals surface area contributed by atoms with Crippen molar-refractivity contribution in [3.63, 3.8) is 0 Å². The van der Waals surface area contributed by atoms with Gasteiger partial charge in [-0.1, -0.05) is 47.6 Å².